The Bertz CT molecular complexity index is 1000. The fraction of sp³-hybridized carbons (Fsp3) is 0.273. The first-order chi connectivity index (χ1) is 14.2. The lowest BCUT2D eigenvalue weighted by molar-refractivity contribution is -0.127. The molecule has 3 aromatic rings. The summed E-state index contributed by atoms with van der Waals surface area (Å²) in [6.07, 6.45) is 8.85. The zero-order chi connectivity index (χ0) is 20.1. The van der Waals surface area contributed by atoms with Crippen molar-refractivity contribution in [2.24, 2.45) is 0 Å². The molecule has 7 heteroatoms. The lowest BCUT2D eigenvalue weighted by Crippen LogP contribution is -2.38. The summed E-state index contributed by atoms with van der Waals surface area (Å²) < 4.78 is 0. The molecule has 6 nitrogen and oxygen atoms in total. The van der Waals surface area contributed by atoms with Gasteiger partial charge in [-0.3, -0.25) is 9.78 Å². The molecule has 0 aliphatic carbocycles. The van der Waals surface area contributed by atoms with E-state index in [-0.39, 0.29) is 11.8 Å². The van der Waals surface area contributed by atoms with Crippen molar-refractivity contribution in [3.05, 3.63) is 71.1 Å². The van der Waals surface area contributed by atoms with E-state index >= 15 is 0 Å². The number of benzene rings is 1. The minimum atomic E-state index is 0.0347. The minimum Gasteiger partial charge on any atom is -0.338 e. The van der Waals surface area contributed by atoms with Crippen molar-refractivity contribution in [2.45, 2.75) is 25.7 Å². The Hall–Kier alpha value is -3.06. The summed E-state index contributed by atoms with van der Waals surface area (Å²) in [6, 6.07) is 9.87. The Morgan fingerprint density at radius 2 is 2.07 bits per heavy atom. The number of aryl methyl sites for hydroxylation is 1. The van der Waals surface area contributed by atoms with Crippen LogP contribution in [0.1, 0.15) is 35.7 Å². The summed E-state index contributed by atoms with van der Waals surface area (Å²) in [5.74, 6) is 0.906. The Morgan fingerprint density at radius 3 is 2.86 bits per heavy atom. The average Bonchev–Trinajstić information content (AvgIpc) is 3.18. The molecule has 0 spiro atoms. The number of rotatable bonds is 5. The zero-order valence-electron chi connectivity index (χ0n) is 16.3. The maximum absolute atomic E-state index is 12.7. The number of amides is 1. The minimum absolute atomic E-state index is 0.0347. The van der Waals surface area contributed by atoms with Crippen LogP contribution >= 0.6 is 11.3 Å². The molecule has 148 valence electrons. The van der Waals surface area contributed by atoms with E-state index in [1.807, 2.05) is 53.6 Å². The molecule has 1 aliphatic rings. The third-order valence-electron chi connectivity index (χ3n) is 4.91. The number of aromatic nitrogens is 3. The van der Waals surface area contributed by atoms with E-state index in [2.05, 4.69) is 20.3 Å². The Balaban J connectivity index is 1.47. The highest BCUT2D eigenvalue weighted by Crippen LogP contribution is 2.31. The van der Waals surface area contributed by atoms with Gasteiger partial charge in [-0.2, -0.15) is 0 Å². The molecule has 0 bridgehead atoms. The number of nitrogens with zero attached hydrogens (tertiary/aromatic N) is 4. The molecule has 1 N–H and O–H groups in total. The molecule has 1 fully saturated rings. The van der Waals surface area contributed by atoms with Crippen LogP contribution in [-0.2, 0) is 4.79 Å². The van der Waals surface area contributed by atoms with E-state index in [9.17, 15) is 4.79 Å². The monoisotopic (exact) mass is 405 g/mol. The first-order valence-electron chi connectivity index (χ1n) is 9.71. The largest absolute Gasteiger partial charge is 0.338 e. The van der Waals surface area contributed by atoms with Crippen molar-refractivity contribution in [1.82, 2.24) is 19.9 Å². The molecular formula is C22H23N5OS. The molecule has 0 saturated carbocycles. The molecule has 1 amide bonds. The van der Waals surface area contributed by atoms with Crippen molar-refractivity contribution in [3.63, 3.8) is 0 Å². The number of piperidine rings is 1. The van der Waals surface area contributed by atoms with E-state index in [0.717, 1.165) is 47.3 Å². The smallest absolute Gasteiger partial charge is 0.246 e. The summed E-state index contributed by atoms with van der Waals surface area (Å²) in [7, 11) is 0. The predicted molar refractivity (Wildman–Crippen MR) is 116 cm³/mol. The summed E-state index contributed by atoms with van der Waals surface area (Å²) >= 11 is 1.55. The second-order valence-corrected chi connectivity index (χ2v) is 7.93. The van der Waals surface area contributed by atoms with Crippen LogP contribution in [0.4, 0.5) is 10.9 Å². The SMILES string of the molecule is Cc1csc(Nc2nccnc2C2CCCN(C(=O)/C=C/c3ccccc3)C2)n1. The molecule has 1 unspecified atom stereocenters. The fourth-order valence-corrected chi connectivity index (χ4v) is 4.18. The molecular weight excluding hydrogens is 382 g/mol. The first kappa shape index (κ1) is 19.3. The van der Waals surface area contributed by atoms with Crippen LogP contribution in [0, 0.1) is 6.92 Å². The van der Waals surface area contributed by atoms with Gasteiger partial charge in [0, 0.05) is 42.9 Å². The zero-order valence-corrected chi connectivity index (χ0v) is 17.1. The Labute approximate surface area is 174 Å². The number of hydrogen-bond donors (Lipinski definition) is 1. The van der Waals surface area contributed by atoms with Gasteiger partial charge in [-0.15, -0.1) is 11.3 Å². The second kappa shape index (κ2) is 8.96. The standard InChI is InChI=1S/C22H23N5OS/c1-16-15-29-22(25-16)26-21-20(23-11-12-24-21)18-8-5-13-27(14-18)19(28)10-9-17-6-3-2-4-7-17/h2-4,6-7,9-12,15,18H,5,8,13-14H2,1H3,(H,24,25,26)/b10-9+. The highest BCUT2D eigenvalue weighted by molar-refractivity contribution is 7.13. The molecule has 1 aromatic carbocycles. The molecule has 1 atom stereocenters. The van der Waals surface area contributed by atoms with Gasteiger partial charge in [-0.25, -0.2) is 9.97 Å². The maximum Gasteiger partial charge on any atom is 0.246 e. The van der Waals surface area contributed by atoms with Gasteiger partial charge >= 0.3 is 0 Å². The Morgan fingerprint density at radius 1 is 1.24 bits per heavy atom. The highest BCUT2D eigenvalue weighted by atomic mass is 32.1. The van der Waals surface area contributed by atoms with Crippen LogP contribution in [0.3, 0.4) is 0 Å². The van der Waals surface area contributed by atoms with Gasteiger partial charge in [-0.1, -0.05) is 30.3 Å². The Kier molecular flexibility index (Phi) is 5.95. The van der Waals surface area contributed by atoms with Crippen LogP contribution in [0.15, 0.2) is 54.2 Å². The molecule has 1 aliphatic heterocycles. The highest BCUT2D eigenvalue weighted by Gasteiger charge is 2.27. The van der Waals surface area contributed by atoms with E-state index in [4.69, 9.17) is 0 Å². The summed E-state index contributed by atoms with van der Waals surface area (Å²) in [4.78, 5) is 28.1. The summed E-state index contributed by atoms with van der Waals surface area (Å²) in [6.45, 7) is 3.37. The number of nitrogens with one attached hydrogen (secondary N) is 1. The lowest BCUT2D eigenvalue weighted by atomic mass is 9.94. The summed E-state index contributed by atoms with van der Waals surface area (Å²) in [5, 5.41) is 6.10. The van der Waals surface area contributed by atoms with E-state index in [1.54, 1.807) is 29.8 Å². The van der Waals surface area contributed by atoms with Crippen LogP contribution in [0.2, 0.25) is 0 Å². The predicted octanol–water partition coefficient (Wildman–Crippen LogP) is 4.40. The van der Waals surface area contributed by atoms with E-state index in [1.165, 1.54) is 0 Å². The molecule has 0 radical (unpaired) electrons. The van der Waals surface area contributed by atoms with E-state index < -0.39 is 0 Å². The average molecular weight is 406 g/mol. The fourth-order valence-electron chi connectivity index (χ4n) is 3.49. The molecule has 4 rings (SSSR count). The van der Waals surface area contributed by atoms with Gasteiger partial charge in [0.1, 0.15) is 0 Å². The van der Waals surface area contributed by atoms with Gasteiger partial charge < -0.3 is 10.2 Å². The van der Waals surface area contributed by atoms with Crippen molar-refractivity contribution in [1.29, 1.82) is 0 Å². The van der Waals surface area contributed by atoms with Crippen molar-refractivity contribution in [3.8, 4) is 0 Å². The molecule has 1 saturated heterocycles. The van der Waals surface area contributed by atoms with Crippen LogP contribution in [0.25, 0.3) is 6.08 Å². The molecule has 2 aromatic heterocycles. The van der Waals surface area contributed by atoms with Gasteiger partial charge in [0.15, 0.2) is 10.9 Å². The van der Waals surface area contributed by atoms with Crippen LogP contribution in [-0.4, -0.2) is 38.8 Å². The molecule has 3 heterocycles. The first-order valence-corrected chi connectivity index (χ1v) is 10.6. The topological polar surface area (TPSA) is 71.0 Å². The number of carbonyl (C=O) groups is 1. The number of thiazole rings is 1. The summed E-state index contributed by atoms with van der Waals surface area (Å²) in [5.41, 5.74) is 2.89. The van der Waals surface area contributed by atoms with Crippen LogP contribution < -0.4 is 5.32 Å². The second-order valence-electron chi connectivity index (χ2n) is 7.08. The van der Waals surface area contributed by atoms with Gasteiger partial charge in [0.05, 0.1) is 11.4 Å². The van der Waals surface area contributed by atoms with Gasteiger partial charge in [0.2, 0.25) is 5.91 Å². The third-order valence-corrected chi connectivity index (χ3v) is 5.78. The van der Waals surface area contributed by atoms with Crippen LogP contribution in [0.5, 0.6) is 0 Å². The van der Waals surface area contributed by atoms with Gasteiger partial charge in [-0.05, 0) is 31.4 Å². The maximum atomic E-state index is 12.7. The normalized spacial score (nSPS) is 16.9. The lowest BCUT2D eigenvalue weighted by Gasteiger charge is -2.32. The van der Waals surface area contributed by atoms with E-state index in [0.29, 0.717) is 6.54 Å². The quantitative estimate of drug-likeness (QED) is 0.637. The van der Waals surface area contributed by atoms with Crippen molar-refractivity contribution in [2.75, 3.05) is 18.4 Å². The number of likely N-dealkylation sites (tertiary alicyclic amines) is 1. The van der Waals surface area contributed by atoms with Gasteiger partial charge in [0.25, 0.3) is 0 Å². The number of anilines is 2. The van der Waals surface area contributed by atoms with Crippen molar-refractivity contribution >= 4 is 34.3 Å². The third kappa shape index (κ3) is 4.86. The van der Waals surface area contributed by atoms with Crippen molar-refractivity contribution < 1.29 is 4.79 Å². The molecule has 29 heavy (non-hydrogen) atoms. The number of hydrogen-bond acceptors (Lipinski definition) is 6. The number of carbonyl (C=O) groups excluding carboxylic acids is 1.